The average molecular weight is 474 g/mol. The van der Waals surface area contributed by atoms with Crippen molar-refractivity contribution < 1.29 is 28.9 Å². The summed E-state index contributed by atoms with van der Waals surface area (Å²) in [5.74, 6) is 1.12. The second kappa shape index (κ2) is 13.1. The highest BCUT2D eigenvalue weighted by Gasteiger charge is 2.23. The van der Waals surface area contributed by atoms with Crippen LogP contribution in [-0.4, -0.2) is 60.0 Å². The van der Waals surface area contributed by atoms with Gasteiger partial charge in [-0.25, -0.2) is 4.31 Å². The molecule has 1 saturated heterocycles. The molecule has 0 saturated carbocycles. The topological polar surface area (TPSA) is 85.3 Å². The normalized spacial score (nSPS) is 14.6. The van der Waals surface area contributed by atoms with Crippen LogP contribution in [0.2, 0.25) is 0 Å². The number of carbonyl (C=O) groups excluding carboxylic acids is 1. The molecule has 8 heteroatoms. The van der Waals surface area contributed by atoms with E-state index >= 15 is 0 Å². The lowest BCUT2D eigenvalue weighted by Gasteiger charge is -2.23. The van der Waals surface area contributed by atoms with Crippen molar-refractivity contribution in [3.05, 3.63) is 59.7 Å². The lowest BCUT2D eigenvalue weighted by Crippen LogP contribution is -2.35. The highest BCUT2D eigenvalue weighted by molar-refractivity contribution is 7.97. The third kappa shape index (κ3) is 8.63. The van der Waals surface area contributed by atoms with Crippen molar-refractivity contribution in [2.75, 3.05) is 32.6 Å². The lowest BCUT2D eigenvalue weighted by molar-refractivity contribution is -0.153. The molecule has 1 aliphatic rings. The number of carbonyl (C=O) groups is 2. The lowest BCUT2D eigenvalue weighted by atomic mass is 10.0. The van der Waals surface area contributed by atoms with E-state index in [1.54, 1.807) is 19.1 Å². The molecule has 1 unspecified atom stereocenters. The van der Waals surface area contributed by atoms with Crippen molar-refractivity contribution in [1.29, 1.82) is 0 Å². The number of aryl methyl sites for hydroxylation is 2. The molecule has 0 spiro atoms. The number of hydrogen-bond acceptors (Lipinski definition) is 7. The third-order valence-corrected chi connectivity index (χ3v) is 6.46. The van der Waals surface area contributed by atoms with Gasteiger partial charge in [-0.1, -0.05) is 42.3 Å². The summed E-state index contributed by atoms with van der Waals surface area (Å²) < 4.78 is 19.2. The van der Waals surface area contributed by atoms with Gasteiger partial charge in [-0.3, -0.25) is 9.59 Å². The zero-order valence-corrected chi connectivity index (χ0v) is 19.7. The van der Waals surface area contributed by atoms with Crippen molar-refractivity contribution in [1.82, 2.24) is 4.31 Å². The first kappa shape index (κ1) is 24.9. The van der Waals surface area contributed by atoms with Crippen molar-refractivity contribution in [2.24, 2.45) is 0 Å². The zero-order chi connectivity index (χ0) is 23.5. The SMILES string of the molecule is COc1cccc(CCc2ccccc2OCC(CN2CCCS2)OC(=O)CCC(=O)O)c1. The largest absolute Gasteiger partial charge is 0.497 e. The summed E-state index contributed by atoms with van der Waals surface area (Å²) in [5, 5.41) is 8.82. The number of carboxylic acids is 1. The van der Waals surface area contributed by atoms with E-state index < -0.39 is 18.0 Å². The number of nitrogens with zero attached hydrogens (tertiary/aromatic N) is 1. The maximum absolute atomic E-state index is 12.1. The Morgan fingerprint density at radius 3 is 2.73 bits per heavy atom. The number of esters is 1. The van der Waals surface area contributed by atoms with Crippen LogP contribution in [0.5, 0.6) is 11.5 Å². The van der Waals surface area contributed by atoms with E-state index in [1.807, 2.05) is 42.5 Å². The molecule has 1 heterocycles. The molecule has 33 heavy (non-hydrogen) atoms. The molecule has 0 radical (unpaired) electrons. The quantitative estimate of drug-likeness (QED) is 0.345. The molecule has 0 bridgehead atoms. The summed E-state index contributed by atoms with van der Waals surface area (Å²) in [6, 6.07) is 15.9. The van der Waals surface area contributed by atoms with Crippen LogP contribution in [0.3, 0.4) is 0 Å². The predicted molar refractivity (Wildman–Crippen MR) is 128 cm³/mol. The molecule has 1 aliphatic heterocycles. The number of methoxy groups -OCH3 is 1. The van der Waals surface area contributed by atoms with E-state index in [4.69, 9.17) is 19.3 Å². The second-order valence-corrected chi connectivity index (χ2v) is 9.03. The van der Waals surface area contributed by atoms with Crippen LogP contribution < -0.4 is 9.47 Å². The first-order chi connectivity index (χ1) is 16.0. The highest BCUT2D eigenvalue weighted by atomic mass is 32.2. The maximum Gasteiger partial charge on any atom is 0.306 e. The minimum Gasteiger partial charge on any atom is -0.497 e. The van der Waals surface area contributed by atoms with Crippen molar-refractivity contribution in [3.8, 4) is 11.5 Å². The molecule has 3 rings (SSSR count). The number of rotatable bonds is 13. The third-order valence-electron chi connectivity index (χ3n) is 5.29. The molecule has 1 atom stereocenters. The van der Waals surface area contributed by atoms with E-state index in [0.29, 0.717) is 6.54 Å². The van der Waals surface area contributed by atoms with Gasteiger partial charge >= 0.3 is 11.9 Å². The summed E-state index contributed by atoms with van der Waals surface area (Å²) in [6.45, 7) is 1.70. The van der Waals surface area contributed by atoms with E-state index in [9.17, 15) is 9.59 Å². The van der Waals surface area contributed by atoms with Crippen LogP contribution in [0.25, 0.3) is 0 Å². The highest BCUT2D eigenvalue weighted by Crippen LogP contribution is 2.24. The Balaban J connectivity index is 1.60. The Kier molecular flexibility index (Phi) is 9.90. The maximum atomic E-state index is 12.1. The van der Waals surface area contributed by atoms with Crippen LogP contribution in [0.15, 0.2) is 48.5 Å². The van der Waals surface area contributed by atoms with Crippen molar-refractivity contribution in [3.63, 3.8) is 0 Å². The molecule has 1 fully saturated rings. The molecule has 0 aromatic heterocycles. The van der Waals surface area contributed by atoms with E-state index in [0.717, 1.165) is 48.6 Å². The number of aliphatic carboxylic acids is 1. The first-order valence-electron chi connectivity index (χ1n) is 11.2. The molecule has 178 valence electrons. The molecule has 0 aliphatic carbocycles. The average Bonchev–Trinajstić information content (AvgIpc) is 3.33. The Hall–Kier alpha value is -2.71. The van der Waals surface area contributed by atoms with Gasteiger partial charge in [0, 0.05) is 18.8 Å². The Bertz CT molecular complexity index is 915. The fourth-order valence-electron chi connectivity index (χ4n) is 3.59. The van der Waals surface area contributed by atoms with Crippen molar-refractivity contribution in [2.45, 2.75) is 38.2 Å². The van der Waals surface area contributed by atoms with Gasteiger partial charge in [0.05, 0.1) is 20.0 Å². The van der Waals surface area contributed by atoms with Crippen LogP contribution in [-0.2, 0) is 27.2 Å². The fourth-order valence-corrected chi connectivity index (χ4v) is 4.64. The molecule has 0 amide bonds. The predicted octanol–water partition coefficient (Wildman–Crippen LogP) is 3.99. The van der Waals surface area contributed by atoms with E-state index in [-0.39, 0.29) is 19.4 Å². The molecule has 2 aromatic carbocycles. The smallest absolute Gasteiger partial charge is 0.306 e. The van der Waals surface area contributed by atoms with Gasteiger partial charge in [-0.05, 0) is 48.6 Å². The molecular formula is C25H31NO6S. The number of carboxylic acid groups (broad SMARTS) is 1. The minimum absolute atomic E-state index is 0.143. The second-order valence-electron chi connectivity index (χ2n) is 7.85. The fraction of sp³-hybridized carbons (Fsp3) is 0.440. The summed E-state index contributed by atoms with van der Waals surface area (Å²) in [4.78, 5) is 22.9. The standard InChI is InChI=1S/C25H31NO6S/c1-30-21-8-4-6-19(16-21)10-11-20-7-2-3-9-23(20)31-18-22(17-26-14-5-15-33-26)32-25(29)13-12-24(27)28/h2-4,6-9,16,22H,5,10-15,17-18H2,1H3,(H,27,28). The Labute approximate surface area is 199 Å². The summed E-state index contributed by atoms with van der Waals surface area (Å²) >= 11 is 1.73. The Morgan fingerprint density at radius 2 is 1.97 bits per heavy atom. The van der Waals surface area contributed by atoms with Crippen LogP contribution in [0.4, 0.5) is 0 Å². The Morgan fingerprint density at radius 1 is 1.12 bits per heavy atom. The minimum atomic E-state index is -1.01. The summed E-state index contributed by atoms with van der Waals surface area (Å²) in [7, 11) is 1.66. The zero-order valence-electron chi connectivity index (χ0n) is 18.9. The molecule has 1 N–H and O–H groups in total. The molecular weight excluding hydrogens is 442 g/mol. The van der Waals surface area contributed by atoms with Gasteiger partial charge in [-0.15, -0.1) is 0 Å². The molecule has 2 aromatic rings. The molecule has 7 nitrogen and oxygen atoms in total. The number of hydrogen-bond donors (Lipinski definition) is 1. The monoisotopic (exact) mass is 473 g/mol. The van der Waals surface area contributed by atoms with Crippen LogP contribution >= 0.6 is 11.9 Å². The summed E-state index contributed by atoms with van der Waals surface area (Å²) in [5.41, 5.74) is 2.26. The van der Waals surface area contributed by atoms with Gasteiger partial charge in [0.25, 0.3) is 0 Å². The van der Waals surface area contributed by atoms with E-state index in [1.165, 1.54) is 5.56 Å². The van der Waals surface area contributed by atoms with E-state index in [2.05, 4.69) is 10.4 Å². The van der Waals surface area contributed by atoms with Gasteiger partial charge in [0.1, 0.15) is 24.2 Å². The number of benzene rings is 2. The van der Waals surface area contributed by atoms with Gasteiger partial charge < -0.3 is 19.3 Å². The van der Waals surface area contributed by atoms with Crippen LogP contribution in [0, 0.1) is 0 Å². The van der Waals surface area contributed by atoms with Gasteiger partial charge in [0.15, 0.2) is 0 Å². The summed E-state index contributed by atoms with van der Waals surface area (Å²) in [6.07, 6.45) is 1.89. The number of ether oxygens (including phenoxy) is 3. The first-order valence-corrected chi connectivity index (χ1v) is 12.1. The van der Waals surface area contributed by atoms with Gasteiger partial charge in [-0.2, -0.15) is 0 Å². The van der Waals surface area contributed by atoms with Crippen LogP contribution in [0.1, 0.15) is 30.4 Å². The van der Waals surface area contributed by atoms with Gasteiger partial charge in [0.2, 0.25) is 0 Å². The number of para-hydroxylation sites is 1. The van der Waals surface area contributed by atoms with Crippen molar-refractivity contribution >= 4 is 23.9 Å².